The van der Waals surface area contributed by atoms with Crippen molar-refractivity contribution >= 4 is 21.6 Å². The largest absolute Gasteiger partial charge is 0.346 e. The van der Waals surface area contributed by atoms with Crippen LogP contribution in [0.5, 0.6) is 0 Å². The minimum atomic E-state index is -3.32. The molecule has 27 heavy (non-hydrogen) atoms. The Morgan fingerprint density at radius 2 is 1.59 bits per heavy atom. The van der Waals surface area contributed by atoms with E-state index in [4.69, 9.17) is 0 Å². The Bertz CT molecular complexity index is 935. The Balaban J connectivity index is 2.16. The van der Waals surface area contributed by atoms with Gasteiger partial charge >= 0.3 is 0 Å². The van der Waals surface area contributed by atoms with Gasteiger partial charge in [-0.05, 0) is 81.1 Å². The summed E-state index contributed by atoms with van der Waals surface area (Å²) < 4.78 is 25.1. The molecule has 1 amide bonds. The maximum atomic E-state index is 12.6. The van der Waals surface area contributed by atoms with Crippen LogP contribution in [0.1, 0.15) is 52.5 Å². The first-order valence-electron chi connectivity index (χ1n) is 9.02. The van der Waals surface area contributed by atoms with Crippen LogP contribution in [0.2, 0.25) is 0 Å². The fraction of sp³-hybridized carbons (Fsp3) is 0.381. The maximum Gasteiger partial charge on any atom is 0.251 e. The van der Waals surface area contributed by atoms with Crippen LogP contribution in [-0.4, -0.2) is 27.1 Å². The third-order valence-corrected chi connectivity index (χ3v) is 6.75. The number of nitrogens with zero attached hydrogens (tertiary/aromatic N) is 1. The number of hydrogen-bond acceptors (Lipinski definition) is 3. The number of rotatable bonds is 6. The molecular weight excluding hydrogens is 360 g/mol. The summed E-state index contributed by atoms with van der Waals surface area (Å²) in [6.07, 6.45) is 0. The molecule has 5 nitrogen and oxygen atoms in total. The van der Waals surface area contributed by atoms with Crippen LogP contribution < -0.4 is 9.62 Å². The smallest absolute Gasteiger partial charge is 0.251 e. The number of amides is 1. The fourth-order valence-corrected chi connectivity index (χ4v) is 3.81. The molecule has 0 radical (unpaired) electrons. The van der Waals surface area contributed by atoms with Gasteiger partial charge in [-0.3, -0.25) is 9.10 Å². The lowest BCUT2D eigenvalue weighted by Gasteiger charge is -2.20. The van der Waals surface area contributed by atoms with Gasteiger partial charge in [0.2, 0.25) is 10.0 Å². The first-order chi connectivity index (χ1) is 12.6. The number of carbonyl (C=O) groups is 1. The minimum Gasteiger partial charge on any atom is -0.346 e. The molecule has 0 saturated carbocycles. The van der Waals surface area contributed by atoms with Crippen molar-refractivity contribution < 1.29 is 13.2 Å². The number of carbonyl (C=O) groups excluding carboxylic acids is 1. The van der Waals surface area contributed by atoms with Crippen molar-refractivity contribution in [3.63, 3.8) is 0 Å². The summed E-state index contributed by atoms with van der Waals surface area (Å²) in [4.78, 5) is 12.6. The Labute approximate surface area is 162 Å². The van der Waals surface area contributed by atoms with E-state index in [1.165, 1.54) is 22.5 Å². The van der Waals surface area contributed by atoms with Crippen LogP contribution in [0.3, 0.4) is 0 Å². The molecule has 0 aromatic heterocycles. The Hall–Kier alpha value is -2.34. The van der Waals surface area contributed by atoms with Gasteiger partial charge < -0.3 is 5.32 Å². The van der Waals surface area contributed by atoms with Gasteiger partial charge in [0.15, 0.2) is 0 Å². The average molecular weight is 389 g/mol. The Morgan fingerprint density at radius 3 is 2.15 bits per heavy atom. The van der Waals surface area contributed by atoms with Gasteiger partial charge in [-0.2, -0.15) is 0 Å². The molecule has 0 fully saturated rings. The zero-order valence-electron chi connectivity index (χ0n) is 16.8. The van der Waals surface area contributed by atoms with Crippen molar-refractivity contribution in [1.29, 1.82) is 0 Å². The summed E-state index contributed by atoms with van der Waals surface area (Å²) in [6.45, 7) is 9.75. The maximum absolute atomic E-state index is 12.6. The number of anilines is 1. The second-order valence-corrected chi connectivity index (χ2v) is 9.19. The van der Waals surface area contributed by atoms with Gasteiger partial charge in [0, 0.05) is 12.6 Å². The van der Waals surface area contributed by atoms with Crippen molar-refractivity contribution in [2.45, 2.75) is 40.7 Å². The molecule has 0 heterocycles. The van der Waals surface area contributed by atoms with Crippen LogP contribution in [0.4, 0.5) is 5.69 Å². The van der Waals surface area contributed by atoms with Gasteiger partial charge in [-0.15, -0.1) is 0 Å². The lowest BCUT2D eigenvalue weighted by molar-refractivity contribution is 0.0940. The number of sulfonamides is 1. The number of benzene rings is 2. The monoisotopic (exact) mass is 388 g/mol. The van der Waals surface area contributed by atoms with Crippen LogP contribution in [0.15, 0.2) is 36.4 Å². The molecule has 0 aliphatic heterocycles. The van der Waals surface area contributed by atoms with E-state index in [-0.39, 0.29) is 17.7 Å². The van der Waals surface area contributed by atoms with Crippen LogP contribution >= 0.6 is 0 Å². The average Bonchev–Trinajstić information content (AvgIpc) is 2.64. The quantitative estimate of drug-likeness (QED) is 0.816. The molecule has 2 rings (SSSR count). The SMILES string of the molecule is CCS(=O)(=O)N(C)c1ccc(C(=O)N[C@H](C)c2cc(C)c(C)cc2C)cc1. The zero-order valence-corrected chi connectivity index (χ0v) is 17.6. The van der Waals surface area contributed by atoms with E-state index in [1.54, 1.807) is 31.2 Å². The summed E-state index contributed by atoms with van der Waals surface area (Å²) in [7, 11) is -1.81. The lowest BCUT2D eigenvalue weighted by Crippen LogP contribution is -2.29. The summed E-state index contributed by atoms with van der Waals surface area (Å²) in [5.74, 6) is -0.161. The highest BCUT2D eigenvalue weighted by Crippen LogP contribution is 2.22. The van der Waals surface area contributed by atoms with Gasteiger partial charge in [-0.1, -0.05) is 12.1 Å². The Morgan fingerprint density at radius 1 is 1.04 bits per heavy atom. The molecule has 146 valence electrons. The third-order valence-electron chi connectivity index (χ3n) is 4.97. The van der Waals surface area contributed by atoms with E-state index in [0.29, 0.717) is 11.3 Å². The highest BCUT2D eigenvalue weighted by molar-refractivity contribution is 7.92. The summed E-state index contributed by atoms with van der Waals surface area (Å²) in [6, 6.07) is 10.7. The van der Waals surface area contributed by atoms with Crippen molar-refractivity contribution in [2.24, 2.45) is 0 Å². The molecule has 0 spiro atoms. The second-order valence-electron chi connectivity index (χ2n) is 6.90. The molecule has 2 aromatic rings. The third kappa shape index (κ3) is 4.69. The van der Waals surface area contributed by atoms with E-state index < -0.39 is 10.0 Å². The van der Waals surface area contributed by atoms with E-state index in [9.17, 15) is 13.2 Å². The molecule has 0 aliphatic carbocycles. The number of nitrogens with one attached hydrogen (secondary N) is 1. The first-order valence-corrected chi connectivity index (χ1v) is 10.6. The van der Waals surface area contributed by atoms with Crippen molar-refractivity contribution in [2.75, 3.05) is 17.1 Å². The van der Waals surface area contributed by atoms with Crippen molar-refractivity contribution in [1.82, 2.24) is 5.32 Å². The minimum absolute atomic E-state index is 0.0264. The molecular formula is C21H28N2O3S. The first kappa shape index (κ1) is 21.0. The standard InChI is InChI=1S/C21H28N2O3S/c1-7-27(25,26)23(6)19-10-8-18(9-11-19)21(24)22-17(5)20-13-15(3)14(2)12-16(20)4/h8-13,17H,7H2,1-6H3,(H,22,24)/t17-/m1/s1. The predicted octanol–water partition coefficient (Wildman–Crippen LogP) is 3.89. The molecule has 0 unspecified atom stereocenters. The molecule has 1 atom stereocenters. The number of hydrogen-bond donors (Lipinski definition) is 1. The van der Waals surface area contributed by atoms with Gasteiger partial charge in [0.1, 0.15) is 0 Å². The topological polar surface area (TPSA) is 66.5 Å². The Kier molecular flexibility index (Phi) is 6.31. The molecule has 0 bridgehead atoms. The van der Waals surface area contributed by atoms with Crippen LogP contribution in [0, 0.1) is 20.8 Å². The summed E-state index contributed by atoms with van der Waals surface area (Å²) in [5, 5.41) is 3.02. The highest BCUT2D eigenvalue weighted by atomic mass is 32.2. The van der Waals surface area contributed by atoms with Gasteiger partial charge in [0.25, 0.3) is 5.91 Å². The zero-order chi connectivity index (χ0) is 20.4. The fourth-order valence-electron chi connectivity index (χ4n) is 2.98. The lowest BCUT2D eigenvalue weighted by atomic mass is 9.96. The van der Waals surface area contributed by atoms with E-state index in [2.05, 4.69) is 31.3 Å². The molecule has 0 aliphatic rings. The van der Waals surface area contributed by atoms with E-state index in [1.807, 2.05) is 13.8 Å². The van der Waals surface area contributed by atoms with Gasteiger partial charge in [0.05, 0.1) is 17.5 Å². The molecule has 6 heteroatoms. The van der Waals surface area contributed by atoms with E-state index in [0.717, 1.165) is 11.1 Å². The van der Waals surface area contributed by atoms with E-state index >= 15 is 0 Å². The van der Waals surface area contributed by atoms with Crippen molar-refractivity contribution in [3.8, 4) is 0 Å². The van der Waals surface area contributed by atoms with Crippen molar-refractivity contribution in [3.05, 3.63) is 64.2 Å². The molecule has 0 saturated heterocycles. The summed E-state index contributed by atoms with van der Waals surface area (Å²) in [5.41, 5.74) is 5.70. The summed E-state index contributed by atoms with van der Waals surface area (Å²) >= 11 is 0. The van der Waals surface area contributed by atoms with Crippen LogP contribution in [-0.2, 0) is 10.0 Å². The molecule has 2 aromatic carbocycles. The number of aryl methyl sites for hydroxylation is 3. The van der Waals surface area contributed by atoms with Gasteiger partial charge in [-0.25, -0.2) is 8.42 Å². The predicted molar refractivity (Wildman–Crippen MR) is 111 cm³/mol. The second kappa shape index (κ2) is 8.13. The highest BCUT2D eigenvalue weighted by Gasteiger charge is 2.17. The van der Waals surface area contributed by atoms with Crippen LogP contribution in [0.25, 0.3) is 0 Å². The molecule has 1 N–H and O–H groups in total. The normalized spacial score (nSPS) is 12.5.